The van der Waals surface area contributed by atoms with Crippen molar-refractivity contribution in [3.8, 4) is 5.69 Å². The number of nitrogens with one attached hydrogen (secondary N) is 1. The summed E-state index contributed by atoms with van der Waals surface area (Å²) < 4.78 is 1.75. The molecule has 6 heteroatoms. The molecule has 0 spiro atoms. The lowest BCUT2D eigenvalue weighted by molar-refractivity contribution is 0.176. The van der Waals surface area contributed by atoms with Crippen molar-refractivity contribution in [3.05, 3.63) is 41.6 Å². The number of benzene rings is 1. The van der Waals surface area contributed by atoms with Crippen LogP contribution >= 0.6 is 0 Å². The largest absolute Gasteiger partial charge is 0.391 e. The molecule has 1 aliphatic rings. The van der Waals surface area contributed by atoms with Crippen molar-refractivity contribution < 1.29 is 9.90 Å². The highest BCUT2D eigenvalue weighted by Crippen LogP contribution is 2.21. The zero-order valence-corrected chi connectivity index (χ0v) is 12.8. The molecule has 0 bridgehead atoms. The van der Waals surface area contributed by atoms with E-state index in [-0.39, 0.29) is 6.03 Å². The summed E-state index contributed by atoms with van der Waals surface area (Å²) in [6.45, 7) is 4.85. The lowest BCUT2D eigenvalue weighted by Crippen LogP contribution is -2.34. The lowest BCUT2D eigenvalue weighted by atomic mass is 10.2. The Morgan fingerprint density at radius 3 is 2.82 bits per heavy atom. The van der Waals surface area contributed by atoms with Crippen LogP contribution in [0.25, 0.3) is 5.69 Å². The average Bonchev–Trinajstić information content (AvgIpc) is 3.06. The van der Waals surface area contributed by atoms with Crippen LogP contribution in [0, 0.1) is 13.8 Å². The van der Waals surface area contributed by atoms with Crippen molar-refractivity contribution >= 4 is 11.8 Å². The van der Waals surface area contributed by atoms with Crippen LogP contribution < -0.4 is 5.32 Å². The van der Waals surface area contributed by atoms with Gasteiger partial charge in [-0.05, 0) is 31.9 Å². The second-order valence-electron chi connectivity index (χ2n) is 5.69. The second-order valence-corrected chi connectivity index (χ2v) is 5.69. The minimum atomic E-state index is -0.422. The number of aryl methyl sites for hydroxylation is 2. The zero-order chi connectivity index (χ0) is 15.7. The topological polar surface area (TPSA) is 70.4 Å². The number of carbonyl (C=O) groups excluding carboxylic acids is 1. The fourth-order valence-electron chi connectivity index (χ4n) is 2.69. The Labute approximate surface area is 129 Å². The van der Waals surface area contributed by atoms with Crippen LogP contribution in [0.4, 0.5) is 10.6 Å². The van der Waals surface area contributed by atoms with Gasteiger partial charge in [-0.3, -0.25) is 5.32 Å². The smallest absolute Gasteiger partial charge is 0.323 e. The van der Waals surface area contributed by atoms with Crippen LogP contribution in [0.3, 0.4) is 0 Å². The van der Waals surface area contributed by atoms with Crippen LogP contribution in [0.1, 0.15) is 17.7 Å². The first-order valence-electron chi connectivity index (χ1n) is 7.41. The molecule has 1 atom stereocenters. The monoisotopic (exact) mass is 300 g/mol. The SMILES string of the molecule is Cc1cc(NC(=O)N2CC[C@@H](O)C2)n(-c2ccccc2C)n1. The van der Waals surface area contributed by atoms with Crippen molar-refractivity contribution in [1.29, 1.82) is 0 Å². The molecular weight excluding hydrogens is 280 g/mol. The maximum Gasteiger partial charge on any atom is 0.323 e. The standard InChI is InChI=1S/C16H20N4O2/c1-11-5-3-4-6-14(11)20-15(9-12(2)18-20)17-16(22)19-8-7-13(21)10-19/h3-6,9,13,21H,7-8,10H2,1-2H3,(H,17,22)/t13-/m1/s1. The van der Waals surface area contributed by atoms with E-state index < -0.39 is 6.10 Å². The molecule has 3 rings (SSSR count). The van der Waals surface area contributed by atoms with E-state index in [4.69, 9.17) is 0 Å². The molecule has 2 heterocycles. The maximum atomic E-state index is 12.3. The molecule has 0 radical (unpaired) electrons. The van der Waals surface area contributed by atoms with Gasteiger partial charge in [0.25, 0.3) is 0 Å². The second kappa shape index (κ2) is 5.81. The van der Waals surface area contributed by atoms with Crippen LogP contribution in [0.5, 0.6) is 0 Å². The van der Waals surface area contributed by atoms with Crippen molar-refractivity contribution in [1.82, 2.24) is 14.7 Å². The Hall–Kier alpha value is -2.34. The van der Waals surface area contributed by atoms with Gasteiger partial charge in [-0.15, -0.1) is 0 Å². The Morgan fingerprint density at radius 1 is 1.36 bits per heavy atom. The van der Waals surface area contributed by atoms with Crippen molar-refractivity contribution in [3.63, 3.8) is 0 Å². The maximum absolute atomic E-state index is 12.3. The summed E-state index contributed by atoms with van der Waals surface area (Å²) in [4.78, 5) is 13.9. The number of likely N-dealkylation sites (tertiary alicyclic amines) is 1. The molecule has 2 N–H and O–H groups in total. The molecule has 0 unspecified atom stereocenters. The van der Waals surface area contributed by atoms with E-state index in [0.29, 0.717) is 25.3 Å². The van der Waals surface area contributed by atoms with Gasteiger partial charge in [0.1, 0.15) is 5.82 Å². The van der Waals surface area contributed by atoms with E-state index in [9.17, 15) is 9.90 Å². The van der Waals surface area contributed by atoms with Crippen LogP contribution in [0.2, 0.25) is 0 Å². The Kier molecular flexibility index (Phi) is 3.85. The summed E-state index contributed by atoms with van der Waals surface area (Å²) >= 11 is 0. The molecule has 1 fully saturated rings. The number of hydrogen-bond donors (Lipinski definition) is 2. The van der Waals surface area contributed by atoms with E-state index in [1.807, 2.05) is 44.2 Å². The number of aliphatic hydroxyl groups excluding tert-OH is 1. The van der Waals surface area contributed by atoms with Crippen molar-refractivity contribution in [2.45, 2.75) is 26.4 Å². The molecule has 1 aliphatic heterocycles. The number of anilines is 1. The van der Waals surface area contributed by atoms with Gasteiger partial charge in [0, 0.05) is 19.2 Å². The number of amides is 2. The van der Waals surface area contributed by atoms with Gasteiger partial charge in [-0.2, -0.15) is 5.10 Å². The summed E-state index contributed by atoms with van der Waals surface area (Å²) in [5.74, 6) is 0.637. The highest BCUT2D eigenvalue weighted by molar-refractivity contribution is 5.89. The lowest BCUT2D eigenvalue weighted by Gasteiger charge is -2.17. The number of para-hydroxylation sites is 1. The Morgan fingerprint density at radius 2 is 2.14 bits per heavy atom. The van der Waals surface area contributed by atoms with E-state index >= 15 is 0 Å². The molecule has 2 aromatic rings. The minimum Gasteiger partial charge on any atom is -0.391 e. The molecule has 6 nitrogen and oxygen atoms in total. The number of β-amino-alcohol motifs (C(OH)–C–C–N with tert-alkyl or cyclic N) is 1. The first kappa shape index (κ1) is 14.6. The van der Waals surface area contributed by atoms with Gasteiger partial charge in [0.15, 0.2) is 0 Å². The van der Waals surface area contributed by atoms with Gasteiger partial charge < -0.3 is 10.0 Å². The molecule has 116 valence electrons. The summed E-state index contributed by atoms with van der Waals surface area (Å²) in [6, 6.07) is 9.54. The van der Waals surface area contributed by atoms with Gasteiger partial charge >= 0.3 is 6.03 Å². The highest BCUT2D eigenvalue weighted by atomic mass is 16.3. The number of aliphatic hydroxyl groups is 1. The molecule has 0 aliphatic carbocycles. The van der Waals surface area contributed by atoms with Crippen LogP contribution in [0.15, 0.2) is 30.3 Å². The van der Waals surface area contributed by atoms with Gasteiger partial charge in [-0.25, -0.2) is 9.48 Å². The molecule has 2 amide bonds. The third-order valence-corrected chi connectivity index (χ3v) is 3.86. The molecule has 1 saturated heterocycles. The number of aromatic nitrogens is 2. The van der Waals surface area contributed by atoms with E-state index in [0.717, 1.165) is 16.9 Å². The normalized spacial score (nSPS) is 17.8. The predicted octanol–water partition coefficient (Wildman–Crippen LogP) is 2.09. The minimum absolute atomic E-state index is 0.203. The fourth-order valence-corrected chi connectivity index (χ4v) is 2.69. The molecular formula is C16H20N4O2. The van der Waals surface area contributed by atoms with E-state index in [1.54, 1.807) is 9.58 Å². The van der Waals surface area contributed by atoms with Crippen molar-refractivity contribution in [2.24, 2.45) is 0 Å². The quantitative estimate of drug-likeness (QED) is 0.892. The van der Waals surface area contributed by atoms with Crippen LogP contribution in [-0.2, 0) is 0 Å². The molecule has 1 aromatic carbocycles. The number of urea groups is 1. The Balaban J connectivity index is 1.86. The zero-order valence-electron chi connectivity index (χ0n) is 12.8. The van der Waals surface area contributed by atoms with Gasteiger partial charge in [0.2, 0.25) is 0 Å². The summed E-state index contributed by atoms with van der Waals surface area (Å²) in [7, 11) is 0. The third-order valence-electron chi connectivity index (χ3n) is 3.86. The number of carbonyl (C=O) groups is 1. The third kappa shape index (κ3) is 2.82. The molecule has 0 saturated carbocycles. The van der Waals surface area contributed by atoms with Gasteiger partial charge in [0.05, 0.1) is 17.5 Å². The van der Waals surface area contributed by atoms with Crippen LogP contribution in [-0.4, -0.2) is 45.0 Å². The summed E-state index contributed by atoms with van der Waals surface area (Å²) in [5.41, 5.74) is 2.85. The summed E-state index contributed by atoms with van der Waals surface area (Å²) in [6.07, 6.45) is 0.206. The number of hydrogen-bond acceptors (Lipinski definition) is 3. The predicted molar refractivity (Wildman–Crippen MR) is 84.3 cm³/mol. The average molecular weight is 300 g/mol. The van der Waals surface area contributed by atoms with E-state index in [1.165, 1.54) is 0 Å². The molecule has 22 heavy (non-hydrogen) atoms. The first-order chi connectivity index (χ1) is 10.5. The summed E-state index contributed by atoms with van der Waals surface area (Å²) in [5, 5.41) is 16.9. The highest BCUT2D eigenvalue weighted by Gasteiger charge is 2.25. The number of rotatable bonds is 2. The van der Waals surface area contributed by atoms with Gasteiger partial charge in [-0.1, -0.05) is 18.2 Å². The Bertz CT molecular complexity index is 695. The first-order valence-corrected chi connectivity index (χ1v) is 7.41. The van der Waals surface area contributed by atoms with E-state index in [2.05, 4.69) is 10.4 Å². The molecule has 1 aromatic heterocycles. The fraction of sp³-hybridized carbons (Fsp3) is 0.375. The number of nitrogens with zero attached hydrogens (tertiary/aromatic N) is 3. The van der Waals surface area contributed by atoms with Crippen molar-refractivity contribution in [2.75, 3.05) is 18.4 Å².